The van der Waals surface area contributed by atoms with Gasteiger partial charge in [-0.15, -0.1) is 0 Å². The lowest BCUT2D eigenvalue weighted by Crippen LogP contribution is -2.04. The van der Waals surface area contributed by atoms with Crippen LogP contribution in [0.4, 0.5) is 0 Å². The van der Waals surface area contributed by atoms with Crippen LogP contribution in [0.15, 0.2) is 18.2 Å². The second-order valence-corrected chi connectivity index (χ2v) is 2.60. The van der Waals surface area contributed by atoms with Crippen LogP contribution in [0.5, 0.6) is 11.5 Å². The first-order valence-corrected chi connectivity index (χ1v) is 4.09. The van der Waals surface area contributed by atoms with Crippen LogP contribution in [0.3, 0.4) is 0 Å². The molecule has 0 aliphatic heterocycles. The van der Waals surface area contributed by atoms with E-state index in [0.717, 1.165) is 0 Å². The van der Waals surface area contributed by atoms with Gasteiger partial charge in [-0.1, -0.05) is 0 Å². The van der Waals surface area contributed by atoms with E-state index in [2.05, 4.69) is 4.74 Å². The second-order valence-electron chi connectivity index (χ2n) is 2.60. The van der Waals surface area contributed by atoms with Crippen LogP contribution in [0.2, 0.25) is 0 Å². The van der Waals surface area contributed by atoms with Crippen molar-refractivity contribution in [1.29, 1.82) is 0 Å². The standard InChI is InChI=1S/C10H10O5/c1-13-8-3-7(10(12)15-6-11)4-9(5-8)14-2/h3-6H,1-2H3. The molecule has 0 saturated heterocycles. The maximum atomic E-state index is 11.2. The van der Waals surface area contributed by atoms with Gasteiger partial charge in [0.1, 0.15) is 11.5 Å². The van der Waals surface area contributed by atoms with Gasteiger partial charge in [-0.05, 0) is 12.1 Å². The first kappa shape index (κ1) is 11.0. The molecule has 0 N–H and O–H groups in total. The van der Waals surface area contributed by atoms with Crippen molar-refractivity contribution in [3.63, 3.8) is 0 Å². The lowest BCUT2D eigenvalue weighted by atomic mass is 10.2. The molecule has 0 aliphatic carbocycles. The molecule has 5 heteroatoms. The predicted octanol–water partition coefficient (Wildman–Crippen LogP) is 1.02. The minimum Gasteiger partial charge on any atom is -0.497 e. The smallest absolute Gasteiger partial charge is 0.345 e. The van der Waals surface area contributed by atoms with Crippen molar-refractivity contribution in [3.05, 3.63) is 23.8 Å². The zero-order valence-electron chi connectivity index (χ0n) is 8.35. The summed E-state index contributed by atoms with van der Waals surface area (Å²) in [7, 11) is 2.92. The number of esters is 1. The third-order valence-corrected chi connectivity index (χ3v) is 1.74. The fourth-order valence-electron chi connectivity index (χ4n) is 1.04. The highest BCUT2D eigenvalue weighted by atomic mass is 16.6. The fraction of sp³-hybridized carbons (Fsp3) is 0.200. The van der Waals surface area contributed by atoms with E-state index in [-0.39, 0.29) is 12.0 Å². The summed E-state index contributed by atoms with van der Waals surface area (Å²) in [5.74, 6) is 0.154. The van der Waals surface area contributed by atoms with Crippen LogP contribution in [-0.4, -0.2) is 26.7 Å². The van der Waals surface area contributed by atoms with E-state index in [1.165, 1.54) is 26.4 Å². The van der Waals surface area contributed by atoms with Gasteiger partial charge in [0, 0.05) is 6.07 Å². The van der Waals surface area contributed by atoms with Crippen LogP contribution in [-0.2, 0) is 9.53 Å². The molecular formula is C10H10O5. The summed E-state index contributed by atoms with van der Waals surface area (Å²) in [6, 6.07) is 4.51. The number of hydrogen-bond donors (Lipinski definition) is 0. The van der Waals surface area contributed by atoms with Crippen LogP contribution in [0.1, 0.15) is 10.4 Å². The van der Waals surface area contributed by atoms with Crippen LogP contribution in [0.25, 0.3) is 0 Å². The van der Waals surface area contributed by atoms with Crippen LogP contribution < -0.4 is 9.47 Å². The molecule has 0 aliphatic rings. The molecule has 0 unspecified atom stereocenters. The Balaban J connectivity index is 3.06. The number of benzene rings is 1. The van der Waals surface area contributed by atoms with E-state index in [1.807, 2.05) is 0 Å². The Morgan fingerprint density at radius 3 is 2.07 bits per heavy atom. The zero-order valence-corrected chi connectivity index (χ0v) is 8.35. The number of methoxy groups -OCH3 is 2. The van der Waals surface area contributed by atoms with E-state index in [9.17, 15) is 9.59 Å². The van der Waals surface area contributed by atoms with Crippen molar-refractivity contribution in [2.45, 2.75) is 0 Å². The molecule has 0 heterocycles. The molecule has 5 nitrogen and oxygen atoms in total. The maximum absolute atomic E-state index is 11.2. The van der Waals surface area contributed by atoms with Gasteiger partial charge in [0.15, 0.2) is 0 Å². The summed E-state index contributed by atoms with van der Waals surface area (Å²) in [5, 5.41) is 0. The van der Waals surface area contributed by atoms with Crippen molar-refractivity contribution < 1.29 is 23.8 Å². The summed E-state index contributed by atoms with van der Waals surface area (Å²) in [5.41, 5.74) is 0.193. The second kappa shape index (κ2) is 4.99. The third-order valence-electron chi connectivity index (χ3n) is 1.74. The number of carbonyl (C=O) groups excluding carboxylic acids is 2. The summed E-state index contributed by atoms with van der Waals surface area (Å²) in [6.07, 6.45) is 0. The molecule has 1 aromatic rings. The van der Waals surface area contributed by atoms with Crippen molar-refractivity contribution in [1.82, 2.24) is 0 Å². The van der Waals surface area contributed by atoms with Crippen molar-refractivity contribution in [2.75, 3.05) is 14.2 Å². The number of hydrogen-bond acceptors (Lipinski definition) is 5. The first-order chi connectivity index (χ1) is 7.21. The SMILES string of the molecule is COc1cc(OC)cc(C(=O)OC=O)c1. The lowest BCUT2D eigenvalue weighted by Gasteiger charge is -2.06. The minimum absolute atomic E-state index is 0.0777. The average Bonchev–Trinajstić information content (AvgIpc) is 2.28. The van der Waals surface area contributed by atoms with E-state index in [1.54, 1.807) is 6.07 Å². The molecule has 1 aromatic carbocycles. The van der Waals surface area contributed by atoms with Gasteiger partial charge in [0.05, 0.1) is 19.8 Å². The van der Waals surface area contributed by atoms with Crippen LogP contribution in [0, 0.1) is 0 Å². The molecule has 15 heavy (non-hydrogen) atoms. The molecule has 0 radical (unpaired) electrons. The van der Waals surface area contributed by atoms with Crippen molar-refractivity contribution in [3.8, 4) is 11.5 Å². The fourth-order valence-corrected chi connectivity index (χ4v) is 1.04. The maximum Gasteiger partial charge on any atom is 0.345 e. The molecular weight excluding hydrogens is 200 g/mol. The molecule has 0 amide bonds. The summed E-state index contributed by atoms with van der Waals surface area (Å²) >= 11 is 0. The highest BCUT2D eigenvalue weighted by Gasteiger charge is 2.10. The Bertz CT molecular complexity index is 350. The molecule has 1 rings (SSSR count). The van der Waals surface area contributed by atoms with Crippen molar-refractivity contribution >= 4 is 12.4 Å². The quantitative estimate of drug-likeness (QED) is 0.421. The number of carbonyl (C=O) groups is 2. The van der Waals surface area contributed by atoms with Gasteiger partial charge in [-0.2, -0.15) is 0 Å². The van der Waals surface area contributed by atoms with E-state index in [4.69, 9.17) is 9.47 Å². The molecule has 80 valence electrons. The minimum atomic E-state index is -0.748. The Morgan fingerprint density at radius 1 is 1.13 bits per heavy atom. The van der Waals surface area contributed by atoms with Crippen molar-refractivity contribution in [2.24, 2.45) is 0 Å². The van der Waals surface area contributed by atoms with Gasteiger partial charge in [0.2, 0.25) is 0 Å². The van der Waals surface area contributed by atoms with Gasteiger partial charge in [-0.25, -0.2) is 4.79 Å². The largest absolute Gasteiger partial charge is 0.497 e. The average molecular weight is 210 g/mol. The Hall–Kier alpha value is -2.04. The number of rotatable bonds is 4. The van der Waals surface area contributed by atoms with E-state index in [0.29, 0.717) is 11.5 Å². The zero-order chi connectivity index (χ0) is 11.3. The van der Waals surface area contributed by atoms with Crippen LogP contribution >= 0.6 is 0 Å². The molecule has 0 saturated carbocycles. The third kappa shape index (κ3) is 2.70. The van der Waals surface area contributed by atoms with Gasteiger partial charge >= 0.3 is 12.4 Å². The molecule has 0 spiro atoms. The molecule has 0 fully saturated rings. The molecule has 0 aromatic heterocycles. The highest BCUT2D eigenvalue weighted by molar-refractivity contribution is 5.93. The Morgan fingerprint density at radius 2 is 1.67 bits per heavy atom. The number of ether oxygens (including phenoxy) is 3. The van der Waals surface area contributed by atoms with Gasteiger partial charge < -0.3 is 14.2 Å². The van der Waals surface area contributed by atoms with E-state index < -0.39 is 5.97 Å². The predicted molar refractivity (Wildman–Crippen MR) is 51.0 cm³/mol. The summed E-state index contributed by atoms with van der Waals surface area (Å²) in [4.78, 5) is 21.2. The van der Waals surface area contributed by atoms with E-state index >= 15 is 0 Å². The Kier molecular flexibility index (Phi) is 3.68. The van der Waals surface area contributed by atoms with Gasteiger partial charge in [0.25, 0.3) is 0 Å². The Labute approximate surface area is 86.6 Å². The highest BCUT2D eigenvalue weighted by Crippen LogP contribution is 2.22. The lowest BCUT2D eigenvalue weighted by molar-refractivity contribution is -0.123. The summed E-state index contributed by atoms with van der Waals surface area (Å²) in [6.45, 7) is 0.0777. The van der Waals surface area contributed by atoms with Gasteiger partial charge in [-0.3, -0.25) is 4.79 Å². The first-order valence-electron chi connectivity index (χ1n) is 4.09. The molecule has 0 bridgehead atoms. The normalized spacial score (nSPS) is 9.20. The summed E-state index contributed by atoms with van der Waals surface area (Å²) < 4.78 is 14.1. The topological polar surface area (TPSA) is 61.8 Å². The monoisotopic (exact) mass is 210 g/mol. The molecule has 0 atom stereocenters.